The maximum atomic E-state index is 11.7. The van der Waals surface area contributed by atoms with Crippen molar-refractivity contribution >= 4 is 9.84 Å². The average Bonchev–Trinajstić information content (AvgIpc) is 2.14. The first-order valence-corrected chi connectivity index (χ1v) is 7.11. The fourth-order valence-corrected chi connectivity index (χ4v) is 3.05. The largest absolute Gasteiger partial charge is 0.228 e. The first-order valence-electron chi connectivity index (χ1n) is 5.29. The smallest absolute Gasteiger partial charge is 0.154 e. The molecular weight excluding hydrogens is 208 g/mol. The van der Waals surface area contributed by atoms with E-state index in [0.717, 1.165) is 24.0 Å². The number of benzene rings is 1. The van der Waals surface area contributed by atoms with E-state index < -0.39 is 9.84 Å². The molecule has 0 aliphatic heterocycles. The number of rotatable bonds is 5. The van der Waals surface area contributed by atoms with Crippen LogP contribution in [0.3, 0.4) is 0 Å². The minimum Gasteiger partial charge on any atom is -0.228 e. The Morgan fingerprint density at radius 2 is 2.00 bits per heavy atom. The van der Waals surface area contributed by atoms with E-state index in [0.29, 0.717) is 5.75 Å². The Morgan fingerprint density at radius 3 is 2.60 bits per heavy atom. The van der Waals surface area contributed by atoms with Gasteiger partial charge in [-0.3, -0.25) is 0 Å². The van der Waals surface area contributed by atoms with E-state index in [4.69, 9.17) is 0 Å². The maximum Gasteiger partial charge on any atom is 0.154 e. The van der Waals surface area contributed by atoms with Crippen LogP contribution in [0.5, 0.6) is 0 Å². The molecule has 0 unspecified atom stereocenters. The molecule has 0 amide bonds. The van der Waals surface area contributed by atoms with Crippen molar-refractivity contribution in [3.63, 3.8) is 0 Å². The van der Waals surface area contributed by atoms with Crippen molar-refractivity contribution in [1.29, 1.82) is 0 Å². The topological polar surface area (TPSA) is 34.1 Å². The van der Waals surface area contributed by atoms with Crippen LogP contribution in [0.25, 0.3) is 0 Å². The minimum absolute atomic E-state index is 0.175. The van der Waals surface area contributed by atoms with Gasteiger partial charge in [-0.15, -0.1) is 0 Å². The van der Waals surface area contributed by atoms with Crippen LogP contribution in [0.2, 0.25) is 0 Å². The Hall–Kier alpha value is -0.830. The quantitative estimate of drug-likeness (QED) is 0.773. The van der Waals surface area contributed by atoms with Crippen molar-refractivity contribution in [2.24, 2.45) is 0 Å². The van der Waals surface area contributed by atoms with Gasteiger partial charge in [-0.25, -0.2) is 8.42 Å². The summed E-state index contributed by atoms with van der Waals surface area (Å²) in [7, 11) is -2.91. The standard InChI is InChI=1S/C12H18O2S/c1-3-4-8-15(13,14)10-12-7-5-6-11(2)9-12/h5-7,9H,3-4,8,10H2,1-2H3. The predicted octanol–water partition coefficient (Wildman–Crippen LogP) is 2.71. The lowest BCUT2D eigenvalue weighted by atomic mass is 10.2. The third-order valence-corrected chi connectivity index (χ3v) is 3.96. The fraction of sp³-hybridized carbons (Fsp3) is 0.500. The van der Waals surface area contributed by atoms with Gasteiger partial charge in [-0.2, -0.15) is 0 Å². The molecule has 15 heavy (non-hydrogen) atoms. The summed E-state index contributed by atoms with van der Waals surface area (Å²) in [4.78, 5) is 0. The number of hydrogen-bond acceptors (Lipinski definition) is 2. The van der Waals surface area contributed by atoms with Crippen molar-refractivity contribution in [3.05, 3.63) is 35.4 Å². The average molecular weight is 226 g/mol. The first kappa shape index (κ1) is 12.2. The van der Waals surface area contributed by atoms with Crippen LogP contribution in [0, 0.1) is 6.92 Å². The van der Waals surface area contributed by atoms with E-state index >= 15 is 0 Å². The molecule has 0 spiro atoms. The zero-order valence-electron chi connectivity index (χ0n) is 9.36. The normalized spacial score (nSPS) is 11.6. The molecule has 84 valence electrons. The van der Waals surface area contributed by atoms with Gasteiger partial charge >= 0.3 is 0 Å². The molecule has 0 aliphatic rings. The van der Waals surface area contributed by atoms with Crippen molar-refractivity contribution in [2.45, 2.75) is 32.4 Å². The molecule has 0 bridgehead atoms. The molecule has 1 rings (SSSR count). The lowest BCUT2D eigenvalue weighted by Gasteiger charge is -2.04. The lowest BCUT2D eigenvalue weighted by Crippen LogP contribution is -2.09. The zero-order chi connectivity index (χ0) is 11.3. The van der Waals surface area contributed by atoms with Gasteiger partial charge in [0.05, 0.1) is 11.5 Å². The SMILES string of the molecule is CCCCS(=O)(=O)Cc1cccc(C)c1. The molecule has 0 aromatic heterocycles. The molecule has 3 heteroatoms. The fourth-order valence-electron chi connectivity index (χ4n) is 1.49. The Labute approximate surface area is 92.2 Å². The van der Waals surface area contributed by atoms with Gasteiger partial charge < -0.3 is 0 Å². The molecule has 0 fully saturated rings. The van der Waals surface area contributed by atoms with E-state index in [9.17, 15) is 8.42 Å². The van der Waals surface area contributed by atoms with Gasteiger partial charge in [0.15, 0.2) is 9.84 Å². The summed E-state index contributed by atoms with van der Waals surface area (Å²) >= 11 is 0. The third-order valence-electron chi connectivity index (χ3n) is 2.28. The van der Waals surface area contributed by atoms with Gasteiger partial charge in [-0.1, -0.05) is 43.2 Å². The molecule has 0 heterocycles. The van der Waals surface area contributed by atoms with E-state index in [2.05, 4.69) is 0 Å². The molecule has 0 aliphatic carbocycles. The number of sulfone groups is 1. The summed E-state index contributed by atoms with van der Waals surface area (Å²) in [5.74, 6) is 0.478. The van der Waals surface area contributed by atoms with Crippen LogP contribution < -0.4 is 0 Å². The second-order valence-electron chi connectivity index (χ2n) is 3.93. The van der Waals surface area contributed by atoms with Crippen molar-refractivity contribution in [3.8, 4) is 0 Å². The summed E-state index contributed by atoms with van der Waals surface area (Å²) in [5, 5.41) is 0. The molecule has 0 N–H and O–H groups in total. The van der Waals surface area contributed by atoms with Crippen LogP contribution in [0.4, 0.5) is 0 Å². The van der Waals surface area contributed by atoms with Crippen molar-refractivity contribution < 1.29 is 8.42 Å². The summed E-state index contributed by atoms with van der Waals surface area (Å²) < 4.78 is 23.3. The molecule has 0 radical (unpaired) electrons. The van der Waals surface area contributed by atoms with Crippen molar-refractivity contribution in [2.75, 3.05) is 5.75 Å². The lowest BCUT2D eigenvalue weighted by molar-refractivity contribution is 0.592. The number of hydrogen-bond donors (Lipinski definition) is 0. The van der Waals surface area contributed by atoms with Gasteiger partial charge in [0.1, 0.15) is 0 Å². The highest BCUT2D eigenvalue weighted by Crippen LogP contribution is 2.10. The zero-order valence-corrected chi connectivity index (χ0v) is 10.2. The highest BCUT2D eigenvalue weighted by atomic mass is 32.2. The molecule has 0 saturated heterocycles. The number of unbranched alkanes of at least 4 members (excludes halogenated alkanes) is 1. The van der Waals surface area contributed by atoms with Crippen LogP contribution in [-0.4, -0.2) is 14.2 Å². The third kappa shape index (κ3) is 4.47. The second kappa shape index (κ2) is 5.31. The summed E-state index contributed by atoms with van der Waals surface area (Å²) in [6.07, 6.45) is 1.68. The summed E-state index contributed by atoms with van der Waals surface area (Å²) in [6, 6.07) is 7.68. The highest BCUT2D eigenvalue weighted by molar-refractivity contribution is 7.90. The highest BCUT2D eigenvalue weighted by Gasteiger charge is 2.10. The molecule has 1 aromatic rings. The van der Waals surface area contributed by atoms with Gasteiger partial charge in [-0.05, 0) is 18.9 Å². The van der Waals surface area contributed by atoms with Gasteiger partial charge in [0.2, 0.25) is 0 Å². The monoisotopic (exact) mass is 226 g/mol. The Morgan fingerprint density at radius 1 is 1.27 bits per heavy atom. The maximum absolute atomic E-state index is 11.7. The van der Waals surface area contributed by atoms with Crippen LogP contribution in [0.1, 0.15) is 30.9 Å². The van der Waals surface area contributed by atoms with Crippen LogP contribution in [0.15, 0.2) is 24.3 Å². The van der Waals surface area contributed by atoms with E-state index in [1.165, 1.54) is 0 Å². The Kier molecular flexibility index (Phi) is 4.33. The van der Waals surface area contributed by atoms with Crippen LogP contribution in [-0.2, 0) is 15.6 Å². The van der Waals surface area contributed by atoms with E-state index in [-0.39, 0.29) is 5.75 Å². The molecule has 2 nitrogen and oxygen atoms in total. The van der Waals surface area contributed by atoms with E-state index in [1.807, 2.05) is 38.1 Å². The molecule has 0 atom stereocenters. The van der Waals surface area contributed by atoms with E-state index in [1.54, 1.807) is 0 Å². The van der Waals surface area contributed by atoms with Crippen molar-refractivity contribution in [1.82, 2.24) is 0 Å². The van der Waals surface area contributed by atoms with Gasteiger partial charge in [0, 0.05) is 0 Å². The Balaban J connectivity index is 2.69. The minimum atomic E-state index is -2.91. The summed E-state index contributed by atoms with van der Waals surface area (Å²) in [6.45, 7) is 3.98. The summed E-state index contributed by atoms with van der Waals surface area (Å²) in [5.41, 5.74) is 2.00. The Bertz CT molecular complexity index is 407. The second-order valence-corrected chi connectivity index (χ2v) is 6.12. The number of aryl methyl sites for hydroxylation is 1. The molecule has 1 aromatic carbocycles. The molecular formula is C12H18O2S. The first-order chi connectivity index (χ1) is 7.03. The molecule has 0 saturated carbocycles. The van der Waals surface area contributed by atoms with Crippen LogP contribution >= 0.6 is 0 Å². The predicted molar refractivity (Wildman–Crippen MR) is 63.6 cm³/mol. The van der Waals surface area contributed by atoms with Gasteiger partial charge in [0.25, 0.3) is 0 Å².